The topological polar surface area (TPSA) is 114 Å². The van der Waals surface area contributed by atoms with E-state index in [1.807, 2.05) is 66.7 Å². The molecule has 2 aromatic carbocycles. The summed E-state index contributed by atoms with van der Waals surface area (Å²) in [5, 5.41) is 13.3. The normalized spacial score (nSPS) is 10.3. The number of aromatic nitrogens is 2. The first-order chi connectivity index (χ1) is 16.0. The van der Waals surface area contributed by atoms with E-state index in [1.165, 1.54) is 0 Å². The van der Waals surface area contributed by atoms with E-state index >= 15 is 0 Å². The Bertz CT molecular complexity index is 1400. The van der Waals surface area contributed by atoms with Gasteiger partial charge in [-0.3, -0.25) is 4.98 Å². The minimum absolute atomic E-state index is 0.378. The van der Waals surface area contributed by atoms with Crippen LogP contribution in [0.5, 0.6) is 0 Å². The maximum Gasteiger partial charge on any atom is 0.149 e. The Morgan fingerprint density at radius 2 is 1.67 bits per heavy atom. The molecular weight excluding hydrogens is 408 g/mol. The standard InChI is InChI=1S/C27H22N6/c1-17(29)20-6-5-7-21(14-20)23-15-26(22-8-3-4-9-25(22)30)33-27(24(23)16-28)32-18(2)19-10-12-31-13-11-19/h3-15H,1-2,29-30H2,(H,32,33). The first-order valence-electron chi connectivity index (χ1n) is 10.2. The summed E-state index contributed by atoms with van der Waals surface area (Å²) >= 11 is 0. The van der Waals surface area contributed by atoms with Crippen LogP contribution < -0.4 is 16.8 Å². The van der Waals surface area contributed by atoms with Crippen molar-refractivity contribution in [3.63, 3.8) is 0 Å². The second kappa shape index (κ2) is 9.08. The van der Waals surface area contributed by atoms with Crippen LogP contribution in [0.4, 0.5) is 11.5 Å². The predicted octanol–water partition coefficient (Wildman–Crippen LogP) is 5.28. The molecular formula is C27H22N6. The summed E-state index contributed by atoms with van der Waals surface area (Å²) in [4.78, 5) is 8.79. The third kappa shape index (κ3) is 4.43. The monoisotopic (exact) mass is 430 g/mol. The largest absolute Gasteiger partial charge is 0.399 e. The molecule has 0 aliphatic carbocycles. The Morgan fingerprint density at radius 1 is 0.909 bits per heavy atom. The molecule has 0 aliphatic heterocycles. The Morgan fingerprint density at radius 3 is 2.36 bits per heavy atom. The average Bonchev–Trinajstić information content (AvgIpc) is 2.84. The van der Waals surface area contributed by atoms with Crippen molar-refractivity contribution in [3.05, 3.63) is 109 Å². The molecule has 33 heavy (non-hydrogen) atoms. The van der Waals surface area contributed by atoms with Crippen molar-refractivity contribution in [1.29, 1.82) is 5.26 Å². The lowest BCUT2D eigenvalue weighted by atomic mass is 9.96. The third-order valence-corrected chi connectivity index (χ3v) is 5.21. The smallest absolute Gasteiger partial charge is 0.149 e. The molecule has 0 fully saturated rings. The van der Waals surface area contributed by atoms with Crippen molar-refractivity contribution in [2.75, 3.05) is 11.1 Å². The number of hydrogen-bond donors (Lipinski definition) is 3. The minimum atomic E-state index is 0.378. The van der Waals surface area contributed by atoms with Gasteiger partial charge in [-0.1, -0.05) is 49.6 Å². The van der Waals surface area contributed by atoms with Gasteiger partial charge in [0.15, 0.2) is 0 Å². The SMILES string of the molecule is C=C(N)c1cccc(-c2cc(-c3ccccc3N)nc(NC(=C)c3ccncc3)c2C#N)c1. The van der Waals surface area contributed by atoms with Crippen LogP contribution in [0.15, 0.2) is 92.3 Å². The van der Waals surface area contributed by atoms with Crippen molar-refractivity contribution in [2.45, 2.75) is 0 Å². The summed E-state index contributed by atoms with van der Waals surface area (Å²) in [7, 11) is 0. The molecule has 0 radical (unpaired) electrons. The van der Waals surface area contributed by atoms with E-state index in [0.717, 1.165) is 22.3 Å². The average molecular weight is 431 g/mol. The Kier molecular flexibility index (Phi) is 5.87. The Balaban J connectivity index is 1.93. The van der Waals surface area contributed by atoms with E-state index in [-0.39, 0.29) is 0 Å². The van der Waals surface area contributed by atoms with Gasteiger partial charge in [0.25, 0.3) is 0 Å². The zero-order valence-corrected chi connectivity index (χ0v) is 17.9. The molecule has 2 aromatic heterocycles. The van der Waals surface area contributed by atoms with E-state index in [1.54, 1.807) is 12.4 Å². The highest BCUT2D eigenvalue weighted by Gasteiger charge is 2.17. The first kappa shape index (κ1) is 21.3. The van der Waals surface area contributed by atoms with Crippen LogP contribution >= 0.6 is 0 Å². The summed E-state index contributed by atoms with van der Waals surface area (Å²) < 4.78 is 0. The number of nitrogens with one attached hydrogen (secondary N) is 1. The number of rotatable bonds is 6. The molecule has 0 aliphatic rings. The van der Waals surface area contributed by atoms with Crippen LogP contribution in [0.3, 0.4) is 0 Å². The Labute approximate surface area is 192 Å². The summed E-state index contributed by atoms with van der Waals surface area (Å²) in [5.74, 6) is 0.382. The highest BCUT2D eigenvalue weighted by Crippen LogP contribution is 2.35. The molecule has 0 spiro atoms. The zero-order chi connectivity index (χ0) is 23.4. The summed E-state index contributed by atoms with van der Waals surface area (Å²) in [6.45, 7) is 7.94. The number of pyridine rings is 2. The van der Waals surface area contributed by atoms with Gasteiger partial charge in [-0.15, -0.1) is 0 Å². The molecule has 4 rings (SSSR count). The van der Waals surface area contributed by atoms with Crippen LogP contribution in [0.1, 0.15) is 16.7 Å². The quantitative estimate of drug-likeness (QED) is 0.359. The highest BCUT2D eigenvalue weighted by atomic mass is 15.0. The van der Waals surface area contributed by atoms with Crippen LogP contribution in [0.25, 0.3) is 33.8 Å². The summed E-state index contributed by atoms with van der Waals surface area (Å²) in [6.07, 6.45) is 3.36. The fourth-order valence-electron chi connectivity index (χ4n) is 3.50. The van der Waals surface area contributed by atoms with Gasteiger partial charge < -0.3 is 16.8 Å². The highest BCUT2D eigenvalue weighted by molar-refractivity contribution is 5.87. The summed E-state index contributed by atoms with van der Waals surface area (Å²) in [6, 6.07) is 22.9. The predicted molar refractivity (Wildman–Crippen MR) is 134 cm³/mol. The van der Waals surface area contributed by atoms with Crippen molar-refractivity contribution in [2.24, 2.45) is 5.73 Å². The van der Waals surface area contributed by atoms with Gasteiger partial charge in [-0.25, -0.2) is 4.98 Å². The van der Waals surface area contributed by atoms with Gasteiger partial charge in [0.2, 0.25) is 0 Å². The maximum absolute atomic E-state index is 10.1. The van der Waals surface area contributed by atoms with E-state index in [0.29, 0.717) is 39.7 Å². The second-order valence-electron chi connectivity index (χ2n) is 7.42. The number of anilines is 2. The van der Waals surface area contributed by atoms with Crippen LogP contribution in [-0.2, 0) is 0 Å². The first-order valence-corrected chi connectivity index (χ1v) is 10.2. The van der Waals surface area contributed by atoms with Crippen LogP contribution in [0, 0.1) is 11.3 Å². The number of nitrogens with zero attached hydrogens (tertiary/aromatic N) is 3. The molecule has 6 nitrogen and oxygen atoms in total. The molecule has 0 atom stereocenters. The van der Waals surface area contributed by atoms with E-state index in [2.05, 4.69) is 29.5 Å². The van der Waals surface area contributed by atoms with Gasteiger partial charge >= 0.3 is 0 Å². The molecule has 0 saturated heterocycles. The van der Waals surface area contributed by atoms with Gasteiger partial charge in [-0.2, -0.15) is 5.26 Å². The fourth-order valence-corrected chi connectivity index (χ4v) is 3.50. The van der Waals surface area contributed by atoms with Gasteiger partial charge in [0.05, 0.1) is 5.69 Å². The number of benzene rings is 2. The molecule has 160 valence electrons. The van der Waals surface area contributed by atoms with Gasteiger partial charge in [0.1, 0.15) is 17.5 Å². The number of hydrogen-bond acceptors (Lipinski definition) is 6. The molecule has 2 heterocycles. The number of para-hydroxylation sites is 1. The van der Waals surface area contributed by atoms with Crippen molar-refractivity contribution in [3.8, 4) is 28.5 Å². The van der Waals surface area contributed by atoms with E-state index in [9.17, 15) is 5.26 Å². The van der Waals surface area contributed by atoms with Gasteiger partial charge in [-0.05, 0) is 41.5 Å². The fraction of sp³-hybridized carbons (Fsp3) is 0. The Hall–Kier alpha value is -4.89. The second-order valence-corrected chi connectivity index (χ2v) is 7.42. The molecule has 0 amide bonds. The number of nitriles is 1. The molecule has 0 unspecified atom stereocenters. The van der Waals surface area contributed by atoms with Gasteiger partial charge in [0, 0.05) is 46.2 Å². The molecule has 0 saturated carbocycles. The lowest BCUT2D eigenvalue weighted by Crippen LogP contribution is -2.05. The molecule has 5 N–H and O–H groups in total. The zero-order valence-electron chi connectivity index (χ0n) is 17.9. The van der Waals surface area contributed by atoms with Crippen molar-refractivity contribution >= 4 is 22.9 Å². The lowest BCUT2D eigenvalue weighted by molar-refractivity contribution is 1.28. The van der Waals surface area contributed by atoms with Crippen LogP contribution in [0.2, 0.25) is 0 Å². The molecule has 0 bridgehead atoms. The van der Waals surface area contributed by atoms with Crippen molar-refractivity contribution in [1.82, 2.24) is 9.97 Å². The lowest BCUT2D eigenvalue weighted by Gasteiger charge is -2.16. The van der Waals surface area contributed by atoms with Crippen molar-refractivity contribution < 1.29 is 0 Å². The van der Waals surface area contributed by atoms with E-state index in [4.69, 9.17) is 16.5 Å². The minimum Gasteiger partial charge on any atom is -0.399 e. The number of nitrogen functional groups attached to an aromatic ring is 1. The number of nitrogens with two attached hydrogens (primary N) is 2. The van der Waals surface area contributed by atoms with Crippen LogP contribution in [-0.4, -0.2) is 9.97 Å². The third-order valence-electron chi connectivity index (χ3n) is 5.21. The molecule has 6 heteroatoms. The maximum atomic E-state index is 10.1. The van der Waals surface area contributed by atoms with E-state index < -0.39 is 0 Å². The molecule has 4 aromatic rings. The summed E-state index contributed by atoms with van der Waals surface area (Å²) in [5.41, 5.74) is 18.7.